The second kappa shape index (κ2) is 8.81. The van der Waals surface area contributed by atoms with E-state index >= 15 is 0 Å². The van der Waals surface area contributed by atoms with Crippen molar-refractivity contribution in [1.29, 1.82) is 0 Å². The number of Topliss-reactive ketones (excluding diaryl/α,β-unsaturated/α-hetero) is 1. The predicted octanol–water partition coefficient (Wildman–Crippen LogP) is 4.78. The maximum Gasteiger partial charge on any atom is 0.183 e. The Balaban J connectivity index is 2.37. The third kappa shape index (κ3) is 4.61. The van der Waals surface area contributed by atoms with Crippen molar-refractivity contribution in [2.24, 2.45) is 0 Å². The Morgan fingerprint density at radius 2 is 1.73 bits per heavy atom. The van der Waals surface area contributed by atoms with Crippen molar-refractivity contribution < 1.29 is 9.53 Å². The maximum atomic E-state index is 13.5. The first kappa shape index (κ1) is 19.9. The number of ketones is 1. The monoisotopic (exact) mass is 351 g/mol. The van der Waals surface area contributed by atoms with E-state index in [0.717, 1.165) is 11.3 Å². The number of rotatable bonds is 9. The molecule has 0 N–H and O–H groups in total. The van der Waals surface area contributed by atoms with Gasteiger partial charge >= 0.3 is 0 Å². The Morgan fingerprint density at radius 1 is 1.12 bits per heavy atom. The third-order valence-corrected chi connectivity index (χ3v) is 4.59. The summed E-state index contributed by atoms with van der Waals surface area (Å²) in [6.07, 6.45) is 3.15. The molecule has 0 aromatic heterocycles. The normalized spacial score (nSPS) is 13.5. The van der Waals surface area contributed by atoms with Gasteiger partial charge in [0, 0.05) is 5.56 Å². The van der Waals surface area contributed by atoms with E-state index in [2.05, 4.69) is 18.7 Å². The smallest absolute Gasteiger partial charge is 0.183 e. The van der Waals surface area contributed by atoms with E-state index in [9.17, 15) is 4.79 Å². The van der Waals surface area contributed by atoms with Gasteiger partial charge in [-0.15, -0.1) is 6.58 Å². The fourth-order valence-corrected chi connectivity index (χ4v) is 3.19. The molecule has 3 heteroatoms. The van der Waals surface area contributed by atoms with Crippen molar-refractivity contribution in [3.63, 3.8) is 0 Å². The van der Waals surface area contributed by atoms with Gasteiger partial charge in [0.2, 0.25) is 0 Å². The molecule has 0 aliphatic heterocycles. The lowest BCUT2D eigenvalue weighted by molar-refractivity contribution is 0.0683. The Morgan fingerprint density at radius 3 is 2.23 bits per heavy atom. The number of carbonyl (C=O) groups excluding carboxylic acids is 1. The highest BCUT2D eigenvalue weighted by Crippen LogP contribution is 2.29. The van der Waals surface area contributed by atoms with E-state index in [4.69, 9.17) is 4.74 Å². The van der Waals surface area contributed by atoms with Crippen LogP contribution in [0.5, 0.6) is 5.75 Å². The fourth-order valence-electron chi connectivity index (χ4n) is 3.19. The molecule has 2 aromatic carbocycles. The Labute approximate surface area is 157 Å². The van der Waals surface area contributed by atoms with Gasteiger partial charge in [0.05, 0.1) is 11.6 Å². The van der Waals surface area contributed by atoms with Gasteiger partial charge < -0.3 is 4.74 Å². The summed E-state index contributed by atoms with van der Waals surface area (Å²) >= 11 is 0. The topological polar surface area (TPSA) is 29.5 Å². The van der Waals surface area contributed by atoms with Crippen LogP contribution in [0.25, 0.3) is 0 Å². The van der Waals surface area contributed by atoms with Gasteiger partial charge in [-0.25, -0.2) is 0 Å². The molecule has 0 fully saturated rings. The molecular weight excluding hydrogens is 322 g/mol. The van der Waals surface area contributed by atoms with Crippen LogP contribution in [0.3, 0.4) is 0 Å². The molecule has 2 aromatic rings. The van der Waals surface area contributed by atoms with Crippen LogP contribution < -0.4 is 4.74 Å². The summed E-state index contributed by atoms with van der Waals surface area (Å²) in [5.74, 6) is 0.876. The average molecular weight is 351 g/mol. The summed E-state index contributed by atoms with van der Waals surface area (Å²) in [7, 11) is 3.92. The second-order valence-electron chi connectivity index (χ2n) is 7.10. The molecule has 1 atom stereocenters. The highest BCUT2D eigenvalue weighted by molar-refractivity contribution is 6.03. The van der Waals surface area contributed by atoms with Crippen molar-refractivity contribution in [1.82, 2.24) is 4.90 Å². The molecule has 0 saturated carbocycles. The first-order valence-electron chi connectivity index (χ1n) is 9.03. The first-order valence-corrected chi connectivity index (χ1v) is 9.03. The van der Waals surface area contributed by atoms with E-state index < -0.39 is 5.54 Å². The molecule has 2 rings (SSSR count). The standard InChI is InChI=1S/C23H29NO2/c1-6-16-23(24(4)5,17-19-10-8-7-9-11-19)22(25)20-12-14-21(15-13-20)26-18(2)3/h6-15,18H,1,16-17H2,2-5H3. The minimum Gasteiger partial charge on any atom is -0.491 e. The number of nitrogens with zero attached hydrogens (tertiary/aromatic N) is 1. The SMILES string of the molecule is C=CCC(Cc1ccccc1)(C(=O)c1ccc(OC(C)C)cc1)N(C)C. The van der Waals surface area contributed by atoms with Gasteiger partial charge in [0.25, 0.3) is 0 Å². The third-order valence-electron chi connectivity index (χ3n) is 4.59. The molecule has 0 amide bonds. The molecule has 0 saturated heterocycles. The highest BCUT2D eigenvalue weighted by atomic mass is 16.5. The number of carbonyl (C=O) groups is 1. The lowest BCUT2D eigenvalue weighted by Crippen LogP contribution is -2.52. The minimum atomic E-state index is -0.663. The van der Waals surface area contributed by atoms with Crippen LogP contribution in [0, 0.1) is 0 Å². The summed E-state index contributed by atoms with van der Waals surface area (Å²) in [4.78, 5) is 15.5. The zero-order chi connectivity index (χ0) is 19.2. The van der Waals surface area contributed by atoms with Gasteiger partial charge in [0.1, 0.15) is 5.75 Å². The molecule has 0 spiro atoms. The Bertz CT molecular complexity index is 720. The summed E-state index contributed by atoms with van der Waals surface area (Å²) in [5, 5.41) is 0. The zero-order valence-corrected chi connectivity index (χ0v) is 16.2. The molecule has 0 aliphatic rings. The number of benzene rings is 2. The van der Waals surface area contributed by atoms with Crippen molar-refractivity contribution in [3.8, 4) is 5.75 Å². The number of hydrogen-bond donors (Lipinski definition) is 0. The lowest BCUT2D eigenvalue weighted by atomic mass is 9.79. The number of ether oxygens (including phenoxy) is 1. The average Bonchev–Trinajstić information content (AvgIpc) is 2.61. The quantitative estimate of drug-likeness (QED) is 0.481. The molecule has 138 valence electrons. The number of hydrogen-bond acceptors (Lipinski definition) is 3. The van der Waals surface area contributed by atoms with Crippen molar-refractivity contribution in [2.45, 2.75) is 38.3 Å². The second-order valence-corrected chi connectivity index (χ2v) is 7.10. The van der Waals surface area contributed by atoms with E-state index in [0.29, 0.717) is 18.4 Å². The number of likely N-dealkylation sites (N-methyl/N-ethyl adjacent to an activating group) is 1. The van der Waals surface area contributed by atoms with Crippen LogP contribution in [0.1, 0.15) is 36.2 Å². The van der Waals surface area contributed by atoms with Crippen LogP contribution in [-0.4, -0.2) is 36.4 Å². The van der Waals surface area contributed by atoms with Crippen molar-refractivity contribution in [3.05, 3.63) is 78.4 Å². The molecule has 1 unspecified atom stereocenters. The van der Waals surface area contributed by atoms with Crippen molar-refractivity contribution in [2.75, 3.05) is 14.1 Å². The largest absolute Gasteiger partial charge is 0.491 e. The van der Waals surface area contributed by atoms with Gasteiger partial charge in [-0.05, 0) is 70.6 Å². The van der Waals surface area contributed by atoms with E-state index in [-0.39, 0.29) is 11.9 Å². The van der Waals surface area contributed by atoms with Crippen molar-refractivity contribution >= 4 is 5.78 Å². The Kier molecular flexibility index (Phi) is 6.76. The molecule has 0 radical (unpaired) electrons. The molecule has 0 bridgehead atoms. The van der Waals surface area contributed by atoms with Crippen LogP contribution in [-0.2, 0) is 6.42 Å². The highest BCUT2D eigenvalue weighted by Gasteiger charge is 2.40. The van der Waals surface area contributed by atoms with Gasteiger partial charge in [-0.3, -0.25) is 9.69 Å². The fraction of sp³-hybridized carbons (Fsp3) is 0.348. The molecule has 0 aliphatic carbocycles. The zero-order valence-electron chi connectivity index (χ0n) is 16.2. The molecule has 0 heterocycles. The van der Waals surface area contributed by atoms with E-state index in [1.807, 2.05) is 81.4 Å². The van der Waals surface area contributed by atoms with Gasteiger partial charge in [-0.1, -0.05) is 36.4 Å². The summed E-state index contributed by atoms with van der Waals surface area (Å²) in [6.45, 7) is 7.87. The first-order chi connectivity index (χ1) is 12.4. The van der Waals surface area contributed by atoms with Gasteiger partial charge in [0.15, 0.2) is 5.78 Å². The molecular formula is C23H29NO2. The molecule has 26 heavy (non-hydrogen) atoms. The van der Waals surface area contributed by atoms with Crippen LogP contribution in [0.4, 0.5) is 0 Å². The summed E-state index contributed by atoms with van der Waals surface area (Å²) in [6, 6.07) is 17.6. The van der Waals surface area contributed by atoms with E-state index in [1.165, 1.54) is 0 Å². The summed E-state index contributed by atoms with van der Waals surface area (Å²) in [5.41, 5.74) is 1.16. The van der Waals surface area contributed by atoms with Gasteiger partial charge in [-0.2, -0.15) is 0 Å². The minimum absolute atomic E-state index is 0.0994. The predicted molar refractivity (Wildman–Crippen MR) is 108 cm³/mol. The van der Waals surface area contributed by atoms with Crippen LogP contribution in [0.2, 0.25) is 0 Å². The maximum absolute atomic E-state index is 13.5. The summed E-state index contributed by atoms with van der Waals surface area (Å²) < 4.78 is 5.69. The van der Waals surface area contributed by atoms with Crippen LogP contribution in [0.15, 0.2) is 67.3 Å². The van der Waals surface area contributed by atoms with Crippen LogP contribution >= 0.6 is 0 Å². The lowest BCUT2D eigenvalue weighted by Gasteiger charge is -2.38. The van der Waals surface area contributed by atoms with E-state index in [1.54, 1.807) is 0 Å². The Hall–Kier alpha value is -2.39. The molecule has 3 nitrogen and oxygen atoms in total.